The lowest BCUT2D eigenvalue weighted by Gasteiger charge is -2.07. The number of benzene rings is 1. The lowest BCUT2D eigenvalue weighted by atomic mass is 10.3. The Labute approximate surface area is 107 Å². The molecular formula is C11H16O4S2. The van der Waals surface area contributed by atoms with Crippen molar-refractivity contribution < 1.29 is 17.9 Å². The predicted molar refractivity (Wildman–Crippen MR) is 69.7 cm³/mol. The summed E-state index contributed by atoms with van der Waals surface area (Å²) in [5.41, 5.74) is 0. The Morgan fingerprint density at radius 1 is 1.12 bits per heavy atom. The summed E-state index contributed by atoms with van der Waals surface area (Å²) in [6.07, 6.45) is 1.17. The minimum atomic E-state index is -3.14. The fraction of sp³-hybridized carbons (Fsp3) is 0.455. The van der Waals surface area contributed by atoms with E-state index >= 15 is 0 Å². The maximum Gasteiger partial charge on any atom is 0.175 e. The Balaban J connectivity index is 2.41. The monoisotopic (exact) mass is 276 g/mol. The van der Waals surface area contributed by atoms with Crippen molar-refractivity contribution in [3.63, 3.8) is 0 Å². The van der Waals surface area contributed by atoms with Crippen LogP contribution in [0.1, 0.15) is 0 Å². The summed E-state index contributed by atoms with van der Waals surface area (Å²) in [5.74, 6) is 1.31. The first-order valence-electron chi connectivity index (χ1n) is 5.15. The Bertz CT molecular complexity index is 425. The van der Waals surface area contributed by atoms with Crippen LogP contribution in [0.4, 0.5) is 0 Å². The van der Waals surface area contributed by atoms with Gasteiger partial charge in [0.1, 0.15) is 12.4 Å². The Hall–Kier alpha value is -0.720. The van der Waals surface area contributed by atoms with Gasteiger partial charge in [0.25, 0.3) is 0 Å². The third-order valence-corrected chi connectivity index (χ3v) is 3.29. The Morgan fingerprint density at radius 3 is 2.29 bits per heavy atom. The molecule has 1 rings (SSSR count). The number of hydrogen-bond donors (Lipinski definition) is 1. The first-order chi connectivity index (χ1) is 8.04. The van der Waals surface area contributed by atoms with Gasteiger partial charge in [-0.1, -0.05) is 0 Å². The zero-order chi connectivity index (χ0) is 12.7. The van der Waals surface area contributed by atoms with E-state index in [-0.39, 0.29) is 4.90 Å². The fourth-order valence-electron chi connectivity index (χ4n) is 1.17. The highest BCUT2D eigenvalue weighted by Gasteiger charge is 2.06. The highest BCUT2D eigenvalue weighted by Crippen LogP contribution is 2.15. The Kier molecular flexibility index (Phi) is 5.80. The van der Waals surface area contributed by atoms with E-state index in [9.17, 15) is 8.42 Å². The van der Waals surface area contributed by atoms with Crippen molar-refractivity contribution in [2.24, 2.45) is 0 Å². The summed E-state index contributed by atoms with van der Waals surface area (Å²) in [7, 11) is -3.14. The van der Waals surface area contributed by atoms with E-state index in [0.29, 0.717) is 31.3 Å². The van der Waals surface area contributed by atoms with Crippen molar-refractivity contribution in [3.05, 3.63) is 24.3 Å². The van der Waals surface area contributed by atoms with E-state index < -0.39 is 9.84 Å². The van der Waals surface area contributed by atoms with Gasteiger partial charge in [-0.25, -0.2) is 8.42 Å². The molecule has 1 aromatic carbocycles. The van der Waals surface area contributed by atoms with Gasteiger partial charge in [0, 0.05) is 12.0 Å². The van der Waals surface area contributed by atoms with Crippen LogP contribution >= 0.6 is 12.6 Å². The molecule has 0 fully saturated rings. The molecule has 0 N–H and O–H groups in total. The summed E-state index contributed by atoms with van der Waals surface area (Å²) >= 11 is 4.01. The van der Waals surface area contributed by atoms with Gasteiger partial charge in [-0.15, -0.1) is 0 Å². The summed E-state index contributed by atoms with van der Waals surface area (Å²) in [6, 6.07) is 6.32. The number of thiol groups is 1. The van der Waals surface area contributed by atoms with Crippen LogP contribution < -0.4 is 4.74 Å². The summed E-state index contributed by atoms with van der Waals surface area (Å²) in [5, 5.41) is 0. The largest absolute Gasteiger partial charge is 0.491 e. The molecule has 0 aromatic heterocycles. The van der Waals surface area contributed by atoms with Crippen LogP contribution in [-0.4, -0.2) is 40.2 Å². The third-order valence-electron chi connectivity index (χ3n) is 1.98. The summed E-state index contributed by atoms with van der Waals surface area (Å²) in [4.78, 5) is 0.288. The standard InChI is InChI=1S/C11H16O4S2/c1-17(12,13)11-4-2-10(3-5-11)15-7-6-14-8-9-16/h2-5,16H,6-9H2,1H3. The predicted octanol–water partition coefficient (Wildman–Crippen LogP) is 1.42. The molecule has 0 saturated heterocycles. The van der Waals surface area contributed by atoms with E-state index in [1.807, 2.05) is 0 Å². The molecule has 0 aliphatic carbocycles. The molecule has 0 atom stereocenters. The molecule has 0 aliphatic heterocycles. The fourth-order valence-corrected chi connectivity index (χ4v) is 1.93. The molecular weight excluding hydrogens is 260 g/mol. The highest BCUT2D eigenvalue weighted by atomic mass is 32.2. The van der Waals surface area contributed by atoms with E-state index in [1.54, 1.807) is 12.1 Å². The Morgan fingerprint density at radius 2 is 1.76 bits per heavy atom. The maximum atomic E-state index is 11.2. The smallest absolute Gasteiger partial charge is 0.175 e. The number of rotatable bonds is 7. The normalized spacial score (nSPS) is 11.4. The lowest BCUT2D eigenvalue weighted by Crippen LogP contribution is -2.08. The minimum absolute atomic E-state index is 0.288. The van der Waals surface area contributed by atoms with Gasteiger partial charge in [0.2, 0.25) is 0 Å². The second kappa shape index (κ2) is 6.88. The van der Waals surface area contributed by atoms with Gasteiger partial charge in [-0.05, 0) is 24.3 Å². The first kappa shape index (κ1) is 14.3. The molecule has 17 heavy (non-hydrogen) atoms. The van der Waals surface area contributed by atoms with E-state index in [4.69, 9.17) is 9.47 Å². The second-order valence-corrected chi connectivity index (χ2v) is 5.89. The van der Waals surface area contributed by atoms with Crippen LogP contribution in [0.3, 0.4) is 0 Å². The molecule has 1 aromatic rings. The first-order valence-corrected chi connectivity index (χ1v) is 7.68. The van der Waals surface area contributed by atoms with Crippen molar-refractivity contribution in [2.45, 2.75) is 4.90 Å². The quantitative estimate of drug-likeness (QED) is 0.604. The van der Waals surface area contributed by atoms with Crippen molar-refractivity contribution in [3.8, 4) is 5.75 Å². The molecule has 6 heteroatoms. The number of sulfone groups is 1. The van der Waals surface area contributed by atoms with Crippen molar-refractivity contribution in [1.29, 1.82) is 0 Å². The van der Waals surface area contributed by atoms with Gasteiger partial charge in [0.15, 0.2) is 9.84 Å². The summed E-state index contributed by atoms with van der Waals surface area (Å²) < 4.78 is 33.0. The summed E-state index contributed by atoms with van der Waals surface area (Å²) in [6.45, 7) is 1.53. The molecule has 0 bridgehead atoms. The van der Waals surface area contributed by atoms with Gasteiger partial charge < -0.3 is 9.47 Å². The molecule has 0 aliphatic rings. The molecule has 0 unspecified atom stereocenters. The molecule has 96 valence electrons. The minimum Gasteiger partial charge on any atom is -0.491 e. The van der Waals surface area contributed by atoms with Crippen LogP contribution in [0, 0.1) is 0 Å². The van der Waals surface area contributed by atoms with Crippen molar-refractivity contribution >= 4 is 22.5 Å². The van der Waals surface area contributed by atoms with Gasteiger partial charge in [-0.3, -0.25) is 0 Å². The lowest BCUT2D eigenvalue weighted by molar-refractivity contribution is 0.112. The van der Waals surface area contributed by atoms with E-state index in [2.05, 4.69) is 12.6 Å². The SMILES string of the molecule is CS(=O)(=O)c1ccc(OCCOCCS)cc1. The van der Waals surface area contributed by atoms with Crippen LogP contribution in [0.2, 0.25) is 0 Å². The molecule has 0 amide bonds. The van der Waals surface area contributed by atoms with Gasteiger partial charge in [-0.2, -0.15) is 12.6 Å². The highest BCUT2D eigenvalue weighted by molar-refractivity contribution is 7.90. The zero-order valence-corrected chi connectivity index (χ0v) is 11.3. The van der Waals surface area contributed by atoms with Gasteiger partial charge >= 0.3 is 0 Å². The van der Waals surface area contributed by atoms with Crippen LogP contribution in [-0.2, 0) is 14.6 Å². The molecule has 0 radical (unpaired) electrons. The van der Waals surface area contributed by atoms with Crippen LogP contribution in [0.25, 0.3) is 0 Å². The van der Waals surface area contributed by atoms with Crippen molar-refractivity contribution in [2.75, 3.05) is 31.8 Å². The second-order valence-electron chi connectivity index (χ2n) is 3.43. The molecule has 0 heterocycles. The van der Waals surface area contributed by atoms with Crippen LogP contribution in [0.5, 0.6) is 5.75 Å². The molecule has 0 saturated carbocycles. The van der Waals surface area contributed by atoms with Gasteiger partial charge in [0.05, 0.1) is 18.1 Å². The van der Waals surface area contributed by atoms with Crippen molar-refractivity contribution in [1.82, 2.24) is 0 Å². The van der Waals surface area contributed by atoms with E-state index in [1.165, 1.54) is 18.4 Å². The average molecular weight is 276 g/mol. The molecule has 4 nitrogen and oxygen atoms in total. The van der Waals surface area contributed by atoms with Crippen LogP contribution in [0.15, 0.2) is 29.2 Å². The average Bonchev–Trinajstić information content (AvgIpc) is 2.28. The number of hydrogen-bond acceptors (Lipinski definition) is 5. The zero-order valence-electron chi connectivity index (χ0n) is 9.63. The molecule has 0 spiro atoms. The topological polar surface area (TPSA) is 52.6 Å². The van der Waals surface area contributed by atoms with E-state index in [0.717, 1.165) is 0 Å². The number of ether oxygens (including phenoxy) is 2. The third kappa shape index (κ3) is 5.43. The maximum absolute atomic E-state index is 11.2.